The zero-order valence-electron chi connectivity index (χ0n) is 10.2. The molecule has 2 amide bonds. The van der Waals surface area contributed by atoms with Crippen molar-refractivity contribution in [2.45, 2.75) is 20.3 Å². The Morgan fingerprint density at radius 1 is 1.44 bits per heavy atom. The number of carbonyl (C=O) groups is 2. The van der Waals surface area contributed by atoms with Gasteiger partial charge in [0.2, 0.25) is 11.8 Å². The van der Waals surface area contributed by atoms with Crippen molar-refractivity contribution < 1.29 is 9.59 Å². The second-order valence-corrected chi connectivity index (χ2v) is 4.87. The molecule has 1 atom stereocenters. The molecule has 1 aliphatic heterocycles. The second-order valence-electron chi connectivity index (χ2n) is 4.87. The first-order valence-electron chi connectivity index (χ1n) is 5.68. The van der Waals surface area contributed by atoms with Gasteiger partial charge in [-0.15, -0.1) is 0 Å². The highest BCUT2D eigenvalue weighted by molar-refractivity contribution is 5.84. The smallest absolute Gasteiger partial charge is 0.227 e. The summed E-state index contributed by atoms with van der Waals surface area (Å²) < 4.78 is 0. The summed E-state index contributed by atoms with van der Waals surface area (Å²) in [6.07, 6.45) is 0.881. The van der Waals surface area contributed by atoms with Crippen molar-refractivity contribution in [3.63, 3.8) is 0 Å². The molecule has 0 radical (unpaired) electrons. The van der Waals surface area contributed by atoms with Gasteiger partial charge in [0.1, 0.15) is 0 Å². The Hall–Kier alpha value is -1.10. The molecule has 1 fully saturated rings. The van der Waals surface area contributed by atoms with E-state index in [9.17, 15) is 9.59 Å². The van der Waals surface area contributed by atoms with E-state index < -0.39 is 5.41 Å². The quantitative estimate of drug-likeness (QED) is 0.605. The maximum absolute atomic E-state index is 11.7. The fourth-order valence-corrected chi connectivity index (χ4v) is 1.75. The molecule has 1 rings (SSSR count). The Balaban J connectivity index is 2.38. The number of carbonyl (C=O) groups excluding carboxylic acids is 2. The number of nitrogens with one attached hydrogen (secondary N) is 3. The van der Waals surface area contributed by atoms with Crippen molar-refractivity contribution in [3.8, 4) is 0 Å². The van der Waals surface area contributed by atoms with Gasteiger partial charge in [0.05, 0.1) is 11.3 Å². The standard InChI is InChI=1S/C11H21N3O2/c1-11(2,10(16)12-3)7-14-9(15)8-4-5-13-6-8/h8,13H,4-7H2,1-3H3,(H,12,16)(H,14,15). The van der Waals surface area contributed by atoms with Gasteiger partial charge in [0, 0.05) is 20.1 Å². The Morgan fingerprint density at radius 3 is 2.62 bits per heavy atom. The molecule has 1 heterocycles. The first-order valence-corrected chi connectivity index (χ1v) is 5.68. The predicted molar refractivity (Wildman–Crippen MR) is 61.8 cm³/mol. The summed E-state index contributed by atoms with van der Waals surface area (Å²) >= 11 is 0. The average molecular weight is 227 g/mol. The van der Waals surface area contributed by atoms with Crippen molar-refractivity contribution in [1.82, 2.24) is 16.0 Å². The van der Waals surface area contributed by atoms with E-state index >= 15 is 0 Å². The van der Waals surface area contributed by atoms with Gasteiger partial charge in [0.15, 0.2) is 0 Å². The molecular formula is C11H21N3O2. The summed E-state index contributed by atoms with van der Waals surface area (Å²) in [6.45, 7) is 5.66. The van der Waals surface area contributed by atoms with Crippen LogP contribution in [0.5, 0.6) is 0 Å². The fourth-order valence-electron chi connectivity index (χ4n) is 1.75. The van der Waals surface area contributed by atoms with Gasteiger partial charge in [0.25, 0.3) is 0 Å². The van der Waals surface area contributed by atoms with Crippen molar-refractivity contribution in [3.05, 3.63) is 0 Å². The number of amides is 2. The van der Waals surface area contributed by atoms with E-state index in [4.69, 9.17) is 0 Å². The third-order valence-corrected chi connectivity index (χ3v) is 2.98. The van der Waals surface area contributed by atoms with Gasteiger partial charge < -0.3 is 16.0 Å². The Labute approximate surface area is 96.4 Å². The minimum Gasteiger partial charge on any atom is -0.359 e. The molecule has 1 unspecified atom stereocenters. The predicted octanol–water partition coefficient (Wildman–Crippen LogP) is -0.516. The van der Waals surface area contributed by atoms with Gasteiger partial charge in [-0.3, -0.25) is 9.59 Å². The molecule has 1 aliphatic rings. The van der Waals surface area contributed by atoms with Crippen LogP contribution in [0.1, 0.15) is 20.3 Å². The summed E-state index contributed by atoms with van der Waals surface area (Å²) in [7, 11) is 1.60. The van der Waals surface area contributed by atoms with Gasteiger partial charge >= 0.3 is 0 Å². The van der Waals surface area contributed by atoms with Gasteiger partial charge in [-0.1, -0.05) is 0 Å². The molecule has 0 aliphatic carbocycles. The lowest BCUT2D eigenvalue weighted by Crippen LogP contribution is -2.45. The molecule has 0 bridgehead atoms. The average Bonchev–Trinajstić information content (AvgIpc) is 2.78. The van der Waals surface area contributed by atoms with Crippen LogP contribution >= 0.6 is 0 Å². The van der Waals surface area contributed by atoms with Crippen molar-refractivity contribution in [1.29, 1.82) is 0 Å². The highest BCUT2D eigenvalue weighted by atomic mass is 16.2. The summed E-state index contributed by atoms with van der Waals surface area (Å²) in [4.78, 5) is 23.2. The lowest BCUT2D eigenvalue weighted by Gasteiger charge is -2.23. The zero-order chi connectivity index (χ0) is 12.2. The largest absolute Gasteiger partial charge is 0.359 e. The fraction of sp³-hybridized carbons (Fsp3) is 0.818. The number of rotatable bonds is 4. The molecule has 0 spiro atoms. The first-order chi connectivity index (χ1) is 7.47. The normalized spacial score (nSPS) is 20.6. The molecule has 16 heavy (non-hydrogen) atoms. The topological polar surface area (TPSA) is 70.2 Å². The SMILES string of the molecule is CNC(=O)C(C)(C)CNC(=O)C1CCNC1. The maximum Gasteiger partial charge on any atom is 0.227 e. The number of hydrogen-bond acceptors (Lipinski definition) is 3. The van der Waals surface area contributed by atoms with Gasteiger partial charge in [-0.05, 0) is 26.8 Å². The van der Waals surface area contributed by atoms with E-state index in [-0.39, 0.29) is 17.7 Å². The maximum atomic E-state index is 11.7. The summed E-state index contributed by atoms with van der Waals surface area (Å²) in [5.74, 6) is 0.0415. The Bertz CT molecular complexity index is 270. The summed E-state index contributed by atoms with van der Waals surface area (Å²) in [5, 5.41) is 8.58. The molecule has 0 aromatic rings. The lowest BCUT2D eigenvalue weighted by atomic mass is 9.92. The lowest BCUT2D eigenvalue weighted by molar-refractivity contribution is -0.130. The van der Waals surface area contributed by atoms with Crippen molar-refractivity contribution in [2.75, 3.05) is 26.7 Å². The minimum absolute atomic E-state index is 0.0435. The Kier molecular flexibility index (Phi) is 4.29. The molecule has 92 valence electrons. The van der Waals surface area contributed by atoms with Crippen molar-refractivity contribution in [2.24, 2.45) is 11.3 Å². The van der Waals surface area contributed by atoms with Crippen LogP contribution in [-0.2, 0) is 9.59 Å². The van der Waals surface area contributed by atoms with Gasteiger partial charge in [-0.25, -0.2) is 0 Å². The molecule has 0 saturated carbocycles. The number of hydrogen-bond donors (Lipinski definition) is 3. The molecular weight excluding hydrogens is 206 g/mol. The monoisotopic (exact) mass is 227 g/mol. The van der Waals surface area contributed by atoms with Gasteiger partial charge in [-0.2, -0.15) is 0 Å². The minimum atomic E-state index is -0.559. The highest BCUT2D eigenvalue weighted by Crippen LogP contribution is 2.14. The van der Waals surface area contributed by atoms with E-state index in [0.29, 0.717) is 6.54 Å². The molecule has 5 heteroatoms. The van der Waals surface area contributed by atoms with E-state index in [1.54, 1.807) is 7.05 Å². The third-order valence-electron chi connectivity index (χ3n) is 2.98. The van der Waals surface area contributed by atoms with E-state index in [2.05, 4.69) is 16.0 Å². The van der Waals surface area contributed by atoms with E-state index in [1.807, 2.05) is 13.8 Å². The van der Waals surface area contributed by atoms with E-state index in [1.165, 1.54) is 0 Å². The third kappa shape index (κ3) is 3.20. The first kappa shape index (κ1) is 13.0. The van der Waals surface area contributed by atoms with Crippen LogP contribution in [0, 0.1) is 11.3 Å². The molecule has 0 aromatic heterocycles. The van der Waals surface area contributed by atoms with Crippen LogP contribution in [0.2, 0.25) is 0 Å². The van der Waals surface area contributed by atoms with Crippen molar-refractivity contribution >= 4 is 11.8 Å². The molecule has 5 nitrogen and oxygen atoms in total. The highest BCUT2D eigenvalue weighted by Gasteiger charge is 2.29. The molecule has 3 N–H and O–H groups in total. The zero-order valence-corrected chi connectivity index (χ0v) is 10.2. The summed E-state index contributed by atoms with van der Waals surface area (Å²) in [5.41, 5.74) is -0.559. The van der Waals surface area contributed by atoms with Crippen LogP contribution in [-0.4, -0.2) is 38.5 Å². The van der Waals surface area contributed by atoms with Crippen LogP contribution in [0.3, 0.4) is 0 Å². The Morgan fingerprint density at radius 2 is 2.12 bits per heavy atom. The van der Waals surface area contributed by atoms with Crippen LogP contribution in [0.25, 0.3) is 0 Å². The molecule has 0 aromatic carbocycles. The summed E-state index contributed by atoms with van der Waals surface area (Å²) in [6, 6.07) is 0. The molecule has 1 saturated heterocycles. The van der Waals surface area contributed by atoms with Crippen LogP contribution in [0.4, 0.5) is 0 Å². The second kappa shape index (κ2) is 5.30. The van der Waals surface area contributed by atoms with Crippen LogP contribution < -0.4 is 16.0 Å². The van der Waals surface area contributed by atoms with E-state index in [0.717, 1.165) is 19.5 Å². The van der Waals surface area contributed by atoms with Crippen LogP contribution in [0.15, 0.2) is 0 Å².